The van der Waals surface area contributed by atoms with Gasteiger partial charge in [0.15, 0.2) is 5.79 Å². The van der Waals surface area contributed by atoms with Gasteiger partial charge in [-0.05, 0) is 113 Å². The molecule has 0 amide bonds. The smallest absolute Gasteiger partial charge is 0.163 e. The standard InChI is InChI=1S/C33H56O5/c1-19(17-21-27(29(4,5)36)38-30(6,7)37-21)20-11-12-22-31(20,8)15-13-23-32(9)16-14-25(34)28(2,3)24(32)18-26(35)33(22,23)10/h12,19-21,23-27,34-36H,11,13-18H2,1-10H3/t19-,20+,21+,23+,24-,25+,26+,27-,31-,32+,33-/m0/s1. The first kappa shape index (κ1) is 29.0. The van der Waals surface area contributed by atoms with Crippen molar-refractivity contribution in [2.24, 2.45) is 45.3 Å². The number of hydrogen-bond acceptors (Lipinski definition) is 5. The molecule has 3 saturated carbocycles. The van der Waals surface area contributed by atoms with Crippen LogP contribution in [0.2, 0.25) is 0 Å². The zero-order chi connectivity index (χ0) is 28.3. The topological polar surface area (TPSA) is 79.2 Å². The van der Waals surface area contributed by atoms with Crippen LogP contribution < -0.4 is 0 Å². The number of fused-ring (bicyclic) bond motifs is 5. The second kappa shape index (κ2) is 8.77. The average Bonchev–Trinajstić information content (AvgIpc) is 3.30. The normalized spacial score (nSPS) is 50.6. The Kier molecular flexibility index (Phi) is 6.70. The van der Waals surface area contributed by atoms with Gasteiger partial charge in [-0.25, -0.2) is 0 Å². The van der Waals surface area contributed by atoms with E-state index in [9.17, 15) is 15.3 Å². The van der Waals surface area contributed by atoms with Crippen molar-refractivity contribution in [2.75, 3.05) is 0 Å². The molecule has 4 aliphatic carbocycles. The molecule has 0 spiro atoms. The van der Waals surface area contributed by atoms with Crippen molar-refractivity contribution in [3.05, 3.63) is 11.6 Å². The highest BCUT2D eigenvalue weighted by molar-refractivity contribution is 5.36. The lowest BCUT2D eigenvalue weighted by Crippen LogP contribution is -2.65. The molecule has 11 atom stereocenters. The molecule has 0 bridgehead atoms. The maximum absolute atomic E-state index is 11.9. The van der Waals surface area contributed by atoms with E-state index in [0.717, 1.165) is 44.9 Å². The number of allylic oxidation sites excluding steroid dienone is 1. The third-order valence-electron chi connectivity index (χ3n) is 12.9. The van der Waals surface area contributed by atoms with Crippen molar-refractivity contribution in [1.82, 2.24) is 0 Å². The van der Waals surface area contributed by atoms with Crippen LogP contribution in [0.1, 0.15) is 114 Å². The highest BCUT2D eigenvalue weighted by Crippen LogP contribution is 2.73. The zero-order valence-corrected chi connectivity index (χ0v) is 25.8. The minimum Gasteiger partial charge on any atom is -0.393 e. The summed E-state index contributed by atoms with van der Waals surface area (Å²) in [5, 5.41) is 33.7. The van der Waals surface area contributed by atoms with Gasteiger partial charge >= 0.3 is 0 Å². The van der Waals surface area contributed by atoms with Crippen LogP contribution in [0.4, 0.5) is 0 Å². The van der Waals surface area contributed by atoms with Gasteiger partial charge in [-0.15, -0.1) is 0 Å². The van der Waals surface area contributed by atoms with E-state index in [1.165, 1.54) is 5.57 Å². The number of aliphatic hydroxyl groups excluding tert-OH is 2. The largest absolute Gasteiger partial charge is 0.393 e. The van der Waals surface area contributed by atoms with Gasteiger partial charge in [0.2, 0.25) is 0 Å². The molecular formula is C33H56O5. The maximum Gasteiger partial charge on any atom is 0.163 e. The molecule has 0 aromatic carbocycles. The van der Waals surface area contributed by atoms with Crippen LogP contribution in [0.15, 0.2) is 11.6 Å². The molecule has 4 fully saturated rings. The summed E-state index contributed by atoms with van der Waals surface area (Å²) in [6.45, 7) is 21.7. The molecule has 0 aromatic heterocycles. The molecule has 218 valence electrons. The fourth-order valence-corrected chi connectivity index (χ4v) is 11.0. The first-order valence-electron chi connectivity index (χ1n) is 15.4. The van der Waals surface area contributed by atoms with E-state index >= 15 is 0 Å². The summed E-state index contributed by atoms with van der Waals surface area (Å²) < 4.78 is 12.5. The average molecular weight is 533 g/mol. The van der Waals surface area contributed by atoms with Crippen molar-refractivity contribution >= 4 is 0 Å². The van der Waals surface area contributed by atoms with Crippen molar-refractivity contribution in [3.63, 3.8) is 0 Å². The molecule has 1 heterocycles. The molecule has 1 aliphatic heterocycles. The van der Waals surface area contributed by atoms with Gasteiger partial charge in [0, 0.05) is 5.41 Å². The quantitative estimate of drug-likeness (QED) is 0.374. The maximum atomic E-state index is 11.9. The van der Waals surface area contributed by atoms with Crippen LogP contribution in [-0.2, 0) is 9.47 Å². The van der Waals surface area contributed by atoms with E-state index < -0.39 is 11.4 Å². The lowest BCUT2D eigenvalue weighted by Gasteiger charge is -2.68. The van der Waals surface area contributed by atoms with Crippen molar-refractivity contribution < 1.29 is 24.8 Å². The summed E-state index contributed by atoms with van der Waals surface area (Å²) in [6, 6.07) is 0. The first-order valence-corrected chi connectivity index (χ1v) is 15.4. The second-order valence-corrected chi connectivity index (χ2v) is 16.4. The predicted octanol–water partition coefficient (Wildman–Crippen LogP) is 6.24. The molecule has 5 rings (SSSR count). The Bertz CT molecular complexity index is 963. The van der Waals surface area contributed by atoms with Gasteiger partial charge in [0.05, 0.1) is 23.9 Å². The molecule has 0 unspecified atom stereocenters. The minimum atomic E-state index is -0.966. The van der Waals surface area contributed by atoms with E-state index in [4.69, 9.17) is 9.47 Å². The van der Waals surface area contributed by atoms with E-state index in [0.29, 0.717) is 23.7 Å². The summed E-state index contributed by atoms with van der Waals surface area (Å²) in [6.07, 6.45) is 8.19. The van der Waals surface area contributed by atoms with Gasteiger partial charge in [-0.2, -0.15) is 0 Å². The van der Waals surface area contributed by atoms with Crippen LogP contribution in [0, 0.1) is 45.3 Å². The third-order valence-corrected chi connectivity index (χ3v) is 12.9. The fourth-order valence-electron chi connectivity index (χ4n) is 11.0. The van der Waals surface area contributed by atoms with E-state index in [1.807, 2.05) is 27.7 Å². The lowest BCUT2D eigenvalue weighted by molar-refractivity contribution is -0.212. The summed E-state index contributed by atoms with van der Waals surface area (Å²) in [5.74, 6) is 0.940. The summed E-state index contributed by atoms with van der Waals surface area (Å²) in [4.78, 5) is 0. The first-order chi connectivity index (χ1) is 17.3. The second-order valence-electron chi connectivity index (χ2n) is 16.4. The number of rotatable bonds is 4. The summed E-state index contributed by atoms with van der Waals surface area (Å²) in [5.41, 5.74) is 0.311. The molecule has 5 aliphatic rings. The zero-order valence-electron chi connectivity index (χ0n) is 25.8. The predicted molar refractivity (Wildman–Crippen MR) is 150 cm³/mol. The van der Waals surface area contributed by atoms with Gasteiger partial charge in [0.25, 0.3) is 0 Å². The van der Waals surface area contributed by atoms with Crippen LogP contribution >= 0.6 is 0 Å². The SMILES string of the molecule is C[C@@H](C[C@H]1OC(C)(C)O[C@@H]1C(C)(C)O)[C@H]1CC=C2[C@]3(C)[C@H](O)C[C@H]4C(C)(C)[C@H](O)CC[C@]4(C)[C@H]3CC[C@]21C. The lowest BCUT2D eigenvalue weighted by atomic mass is 9.37. The minimum absolute atomic E-state index is 0.0533. The van der Waals surface area contributed by atoms with E-state index in [1.54, 1.807) is 0 Å². The van der Waals surface area contributed by atoms with Gasteiger partial charge in [-0.3, -0.25) is 0 Å². The number of hydrogen-bond donors (Lipinski definition) is 3. The molecule has 1 saturated heterocycles. The Hall–Kier alpha value is -0.460. The monoisotopic (exact) mass is 532 g/mol. The molecule has 5 heteroatoms. The van der Waals surface area contributed by atoms with Crippen LogP contribution in [0.5, 0.6) is 0 Å². The molecular weight excluding hydrogens is 476 g/mol. The van der Waals surface area contributed by atoms with Gasteiger partial charge in [0.1, 0.15) is 6.10 Å². The van der Waals surface area contributed by atoms with Crippen molar-refractivity contribution in [3.8, 4) is 0 Å². The Morgan fingerprint density at radius 2 is 1.61 bits per heavy atom. The Labute approximate surface area is 231 Å². The van der Waals surface area contributed by atoms with Crippen LogP contribution in [0.3, 0.4) is 0 Å². The highest BCUT2D eigenvalue weighted by Gasteiger charge is 2.68. The van der Waals surface area contributed by atoms with Crippen LogP contribution in [-0.4, -0.2) is 51.1 Å². The van der Waals surface area contributed by atoms with E-state index in [2.05, 4.69) is 47.6 Å². The Morgan fingerprint density at radius 3 is 2.24 bits per heavy atom. The highest BCUT2D eigenvalue weighted by atomic mass is 16.8. The number of ether oxygens (including phenoxy) is 2. The molecule has 0 aromatic rings. The van der Waals surface area contributed by atoms with E-state index in [-0.39, 0.29) is 46.1 Å². The molecule has 0 radical (unpaired) electrons. The van der Waals surface area contributed by atoms with Crippen molar-refractivity contribution in [1.29, 1.82) is 0 Å². The fraction of sp³-hybridized carbons (Fsp3) is 0.939. The van der Waals surface area contributed by atoms with Gasteiger partial charge in [-0.1, -0.05) is 53.2 Å². The van der Waals surface area contributed by atoms with Crippen molar-refractivity contribution in [2.45, 2.75) is 150 Å². The molecule has 38 heavy (non-hydrogen) atoms. The third kappa shape index (κ3) is 4.03. The summed E-state index contributed by atoms with van der Waals surface area (Å²) >= 11 is 0. The number of aliphatic hydroxyl groups is 3. The summed E-state index contributed by atoms with van der Waals surface area (Å²) in [7, 11) is 0. The Morgan fingerprint density at radius 1 is 0.947 bits per heavy atom. The Balaban J connectivity index is 1.41. The molecule has 3 N–H and O–H groups in total. The van der Waals surface area contributed by atoms with Crippen LogP contribution in [0.25, 0.3) is 0 Å². The van der Waals surface area contributed by atoms with Gasteiger partial charge < -0.3 is 24.8 Å². The molecule has 5 nitrogen and oxygen atoms in total.